The standard InChI is InChI=1S/C67H47N3/c1-67(2)58-42-47(45-30-35-63-56(40-45)54-26-14-16-28-60(54)68(63)49-20-8-4-9-21-49)32-37-65(58)70(62-39-34-51(44-18-6-3-7-19-44)52-24-12-13-25-53(52)62)66-38-33-48(43-59(66)67)46-31-36-64-57(41-46)55-27-15-17-29-61(55)69(64)50-22-10-5-11-23-50/h3-43H,1-2H3. The molecule has 11 aromatic carbocycles. The molecule has 1 aliphatic heterocycles. The summed E-state index contributed by atoms with van der Waals surface area (Å²) >= 11 is 0. The summed E-state index contributed by atoms with van der Waals surface area (Å²) in [4.78, 5) is 2.54. The number of hydrogen-bond acceptors (Lipinski definition) is 1. The molecule has 330 valence electrons. The van der Waals surface area contributed by atoms with Crippen molar-refractivity contribution >= 4 is 71.4 Å². The number of para-hydroxylation sites is 4. The smallest absolute Gasteiger partial charge is 0.0541 e. The highest BCUT2D eigenvalue weighted by Gasteiger charge is 2.38. The van der Waals surface area contributed by atoms with Gasteiger partial charge in [-0.1, -0.05) is 172 Å². The van der Waals surface area contributed by atoms with Crippen LogP contribution in [-0.4, -0.2) is 9.13 Å². The summed E-state index contributed by atoms with van der Waals surface area (Å²) in [5, 5.41) is 7.46. The first kappa shape index (κ1) is 40.2. The van der Waals surface area contributed by atoms with Gasteiger partial charge in [-0.2, -0.15) is 0 Å². The van der Waals surface area contributed by atoms with Crippen molar-refractivity contribution in [2.75, 3.05) is 4.90 Å². The van der Waals surface area contributed by atoms with Crippen molar-refractivity contribution in [2.45, 2.75) is 19.3 Å². The zero-order valence-electron chi connectivity index (χ0n) is 39.0. The van der Waals surface area contributed by atoms with Gasteiger partial charge in [-0.3, -0.25) is 0 Å². The fraction of sp³-hybridized carbons (Fsp3) is 0.0448. The zero-order chi connectivity index (χ0) is 46.5. The Morgan fingerprint density at radius 1 is 0.271 bits per heavy atom. The molecule has 0 fully saturated rings. The molecular formula is C67H47N3. The van der Waals surface area contributed by atoms with E-state index in [9.17, 15) is 0 Å². The number of rotatable bonds is 6. The quantitative estimate of drug-likeness (QED) is 0.162. The molecule has 0 unspecified atom stereocenters. The average Bonchev–Trinajstić information content (AvgIpc) is 3.94. The van der Waals surface area contributed by atoms with Crippen molar-refractivity contribution in [1.82, 2.24) is 9.13 Å². The Hall–Kier alpha value is -8.92. The normalized spacial score (nSPS) is 13.1. The van der Waals surface area contributed by atoms with Gasteiger partial charge in [0.2, 0.25) is 0 Å². The second kappa shape index (κ2) is 15.6. The van der Waals surface area contributed by atoms with Gasteiger partial charge in [0.25, 0.3) is 0 Å². The number of nitrogens with zero attached hydrogens (tertiary/aromatic N) is 3. The van der Waals surface area contributed by atoms with Crippen LogP contribution in [-0.2, 0) is 5.41 Å². The Morgan fingerprint density at radius 2 is 0.657 bits per heavy atom. The zero-order valence-corrected chi connectivity index (χ0v) is 39.0. The van der Waals surface area contributed by atoms with Crippen LogP contribution in [0.1, 0.15) is 25.0 Å². The minimum absolute atomic E-state index is 0.353. The Morgan fingerprint density at radius 3 is 1.17 bits per heavy atom. The number of anilines is 3. The third-order valence-corrected chi connectivity index (χ3v) is 15.1. The van der Waals surface area contributed by atoms with E-state index < -0.39 is 0 Å². The Kier molecular flexibility index (Phi) is 8.93. The molecule has 13 aromatic rings. The van der Waals surface area contributed by atoms with E-state index in [0.29, 0.717) is 0 Å². The van der Waals surface area contributed by atoms with Crippen molar-refractivity contribution in [2.24, 2.45) is 0 Å². The highest BCUT2D eigenvalue weighted by molar-refractivity contribution is 6.12. The summed E-state index contributed by atoms with van der Waals surface area (Å²) in [5.74, 6) is 0. The molecule has 3 nitrogen and oxygen atoms in total. The molecule has 0 saturated carbocycles. The summed E-state index contributed by atoms with van der Waals surface area (Å²) in [6.45, 7) is 4.83. The number of fused-ring (bicyclic) bond motifs is 9. The molecular weight excluding hydrogens is 847 g/mol. The van der Waals surface area contributed by atoms with Crippen LogP contribution in [0.25, 0.3) is 99.1 Å². The molecule has 3 heteroatoms. The maximum Gasteiger partial charge on any atom is 0.0541 e. The Labute approximate surface area is 407 Å². The predicted molar refractivity (Wildman–Crippen MR) is 296 cm³/mol. The summed E-state index contributed by atoms with van der Waals surface area (Å²) < 4.78 is 4.78. The predicted octanol–water partition coefficient (Wildman–Crippen LogP) is 18.1. The van der Waals surface area contributed by atoms with Crippen molar-refractivity contribution in [3.8, 4) is 44.8 Å². The topological polar surface area (TPSA) is 13.1 Å². The molecule has 70 heavy (non-hydrogen) atoms. The minimum atomic E-state index is -0.353. The van der Waals surface area contributed by atoms with Crippen molar-refractivity contribution < 1.29 is 0 Å². The van der Waals surface area contributed by atoms with E-state index in [0.717, 1.165) is 0 Å². The van der Waals surface area contributed by atoms with E-state index in [4.69, 9.17) is 0 Å². The number of aromatic nitrogens is 2. The van der Waals surface area contributed by atoms with Gasteiger partial charge in [-0.15, -0.1) is 0 Å². The first-order valence-corrected chi connectivity index (χ1v) is 24.3. The largest absolute Gasteiger partial charge is 0.309 e. The summed E-state index contributed by atoms with van der Waals surface area (Å²) in [6, 6.07) is 91.8. The summed E-state index contributed by atoms with van der Waals surface area (Å²) in [5.41, 5.74) is 20.2. The first-order valence-electron chi connectivity index (χ1n) is 24.3. The van der Waals surface area contributed by atoms with Gasteiger partial charge in [-0.25, -0.2) is 0 Å². The number of hydrogen-bond donors (Lipinski definition) is 0. The van der Waals surface area contributed by atoms with E-state index in [1.165, 1.54) is 127 Å². The molecule has 1 aliphatic rings. The summed E-state index contributed by atoms with van der Waals surface area (Å²) in [7, 11) is 0. The molecule has 2 aromatic heterocycles. The van der Waals surface area contributed by atoms with Crippen molar-refractivity contribution in [3.63, 3.8) is 0 Å². The summed E-state index contributed by atoms with van der Waals surface area (Å²) in [6.07, 6.45) is 0. The van der Waals surface area contributed by atoms with Gasteiger partial charge >= 0.3 is 0 Å². The van der Waals surface area contributed by atoms with Crippen LogP contribution < -0.4 is 4.90 Å². The molecule has 14 rings (SSSR count). The molecule has 3 heterocycles. The monoisotopic (exact) mass is 893 g/mol. The lowest BCUT2D eigenvalue weighted by Crippen LogP contribution is -2.31. The van der Waals surface area contributed by atoms with Crippen LogP contribution in [0, 0.1) is 0 Å². The van der Waals surface area contributed by atoms with Gasteiger partial charge in [-0.05, 0) is 141 Å². The lowest BCUT2D eigenvalue weighted by atomic mass is 9.72. The molecule has 0 radical (unpaired) electrons. The van der Waals surface area contributed by atoms with Crippen LogP contribution in [0.2, 0.25) is 0 Å². The highest BCUT2D eigenvalue weighted by Crippen LogP contribution is 2.55. The average molecular weight is 894 g/mol. The highest BCUT2D eigenvalue weighted by atomic mass is 15.2. The van der Waals surface area contributed by atoms with E-state index in [1.807, 2.05) is 0 Å². The third-order valence-electron chi connectivity index (χ3n) is 15.1. The van der Waals surface area contributed by atoms with Gasteiger partial charge in [0, 0.05) is 43.7 Å². The lowest BCUT2D eigenvalue weighted by molar-refractivity contribution is 0.632. The van der Waals surface area contributed by atoms with Crippen LogP contribution in [0.3, 0.4) is 0 Å². The van der Waals surface area contributed by atoms with Crippen LogP contribution in [0.15, 0.2) is 249 Å². The molecule has 0 saturated heterocycles. The lowest BCUT2D eigenvalue weighted by Gasteiger charge is -2.43. The van der Waals surface area contributed by atoms with Crippen LogP contribution >= 0.6 is 0 Å². The van der Waals surface area contributed by atoms with Crippen LogP contribution in [0.5, 0.6) is 0 Å². The van der Waals surface area contributed by atoms with Gasteiger partial charge in [0.15, 0.2) is 0 Å². The second-order valence-electron chi connectivity index (χ2n) is 19.3. The fourth-order valence-corrected chi connectivity index (χ4v) is 11.7. The van der Waals surface area contributed by atoms with Crippen LogP contribution in [0.4, 0.5) is 17.1 Å². The molecule has 0 N–H and O–H groups in total. The number of benzene rings is 11. The molecule has 0 bridgehead atoms. The van der Waals surface area contributed by atoms with Gasteiger partial charge < -0.3 is 14.0 Å². The van der Waals surface area contributed by atoms with E-state index in [2.05, 4.69) is 277 Å². The van der Waals surface area contributed by atoms with E-state index in [1.54, 1.807) is 0 Å². The third kappa shape index (κ3) is 6.08. The van der Waals surface area contributed by atoms with Crippen molar-refractivity contribution in [1.29, 1.82) is 0 Å². The van der Waals surface area contributed by atoms with E-state index >= 15 is 0 Å². The minimum Gasteiger partial charge on any atom is -0.309 e. The van der Waals surface area contributed by atoms with E-state index in [-0.39, 0.29) is 5.41 Å². The van der Waals surface area contributed by atoms with Gasteiger partial charge in [0.05, 0.1) is 39.1 Å². The Balaban J connectivity index is 0.966. The molecule has 0 amide bonds. The second-order valence-corrected chi connectivity index (χ2v) is 19.3. The molecule has 0 atom stereocenters. The Bertz CT molecular complexity index is 3990. The van der Waals surface area contributed by atoms with Crippen molar-refractivity contribution in [3.05, 3.63) is 260 Å². The molecule has 0 aliphatic carbocycles. The SMILES string of the molecule is CC1(C)c2cc(-c3ccc4c(c3)c3ccccc3n4-c3ccccc3)ccc2N(c2ccc(-c3ccccc3)c3ccccc23)c2ccc(-c3ccc4c(c3)c3ccccc3n4-c3ccccc3)cc21. The first-order chi connectivity index (χ1) is 34.5. The molecule has 0 spiro atoms. The maximum atomic E-state index is 2.54. The maximum absolute atomic E-state index is 2.54. The van der Waals surface area contributed by atoms with Gasteiger partial charge in [0.1, 0.15) is 0 Å². The fourth-order valence-electron chi connectivity index (χ4n) is 11.7.